The normalized spacial score (nSPS) is 10.0. The molecule has 0 fully saturated rings. The second-order valence-electron chi connectivity index (χ2n) is 3.57. The molecule has 0 spiro atoms. The Balaban J connectivity index is 2.60. The van der Waals surface area contributed by atoms with Crippen LogP contribution in [0.1, 0.15) is 16.8 Å². The molecule has 1 aromatic rings. The smallest absolute Gasteiger partial charge is 0.337 e. The number of nitrogen functional groups attached to an aromatic ring is 1. The fraction of sp³-hybridized carbons (Fsp3) is 0.417. The van der Waals surface area contributed by atoms with Gasteiger partial charge in [0.15, 0.2) is 0 Å². The van der Waals surface area contributed by atoms with Crippen LogP contribution in [-0.4, -0.2) is 31.6 Å². The molecule has 0 saturated heterocycles. The van der Waals surface area contributed by atoms with Crippen LogP contribution in [-0.2, 0) is 4.74 Å². The minimum atomic E-state index is -0.370. The Labute approximate surface area is 106 Å². The molecule has 17 heavy (non-hydrogen) atoms. The van der Waals surface area contributed by atoms with Gasteiger partial charge in [0.2, 0.25) is 0 Å². The van der Waals surface area contributed by atoms with E-state index in [9.17, 15) is 4.79 Å². The van der Waals surface area contributed by atoms with Crippen molar-refractivity contribution in [3.05, 3.63) is 23.8 Å². The number of hydrogen-bond acceptors (Lipinski definition) is 5. The van der Waals surface area contributed by atoms with Gasteiger partial charge >= 0.3 is 5.97 Å². The first-order valence-corrected chi connectivity index (χ1v) is 6.79. The molecule has 94 valence electrons. The highest BCUT2D eigenvalue weighted by Crippen LogP contribution is 2.20. The van der Waals surface area contributed by atoms with Crippen molar-refractivity contribution in [3.8, 4) is 0 Å². The Bertz CT molecular complexity index is 383. The fourth-order valence-corrected chi connectivity index (χ4v) is 1.84. The van der Waals surface area contributed by atoms with E-state index in [1.54, 1.807) is 18.2 Å². The minimum absolute atomic E-state index is 0.370. The summed E-state index contributed by atoms with van der Waals surface area (Å²) in [7, 11) is 1.35. The van der Waals surface area contributed by atoms with E-state index in [1.807, 2.05) is 11.8 Å². The maximum absolute atomic E-state index is 11.3. The first-order valence-electron chi connectivity index (χ1n) is 5.39. The molecule has 1 aromatic carbocycles. The van der Waals surface area contributed by atoms with Crippen LogP contribution < -0.4 is 11.1 Å². The zero-order chi connectivity index (χ0) is 12.7. The third-order valence-corrected chi connectivity index (χ3v) is 3.01. The molecular formula is C12H18N2O2S. The lowest BCUT2D eigenvalue weighted by Crippen LogP contribution is -2.07. The van der Waals surface area contributed by atoms with Crippen LogP contribution in [0.3, 0.4) is 0 Å². The molecule has 0 aliphatic heterocycles. The van der Waals surface area contributed by atoms with Crippen LogP contribution in [0.15, 0.2) is 18.2 Å². The van der Waals surface area contributed by atoms with Crippen LogP contribution in [0.2, 0.25) is 0 Å². The third kappa shape index (κ3) is 4.19. The molecule has 0 atom stereocenters. The van der Waals surface area contributed by atoms with Crippen molar-refractivity contribution < 1.29 is 9.53 Å². The highest BCUT2D eigenvalue weighted by atomic mass is 32.2. The lowest BCUT2D eigenvalue weighted by Gasteiger charge is -2.10. The quantitative estimate of drug-likeness (QED) is 0.463. The van der Waals surface area contributed by atoms with Crippen LogP contribution in [0.5, 0.6) is 0 Å². The van der Waals surface area contributed by atoms with E-state index < -0.39 is 0 Å². The molecule has 0 aromatic heterocycles. The van der Waals surface area contributed by atoms with Gasteiger partial charge in [0, 0.05) is 6.54 Å². The number of ether oxygens (including phenoxy) is 1. The molecule has 4 nitrogen and oxygen atoms in total. The van der Waals surface area contributed by atoms with Gasteiger partial charge in [-0.25, -0.2) is 4.79 Å². The van der Waals surface area contributed by atoms with E-state index in [2.05, 4.69) is 16.3 Å². The fourth-order valence-electron chi connectivity index (χ4n) is 1.41. The number of nitrogens with two attached hydrogens (primary N) is 1. The zero-order valence-electron chi connectivity index (χ0n) is 10.2. The Kier molecular flexibility index (Phi) is 5.69. The molecule has 0 unspecified atom stereocenters. The van der Waals surface area contributed by atoms with E-state index in [0.717, 1.165) is 24.4 Å². The number of nitrogens with one attached hydrogen (secondary N) is 1. The average Bonchev–Trinajstić information content (AvgIpc) is 2.35. The molecular weight excluding hydrogens is 236 g/mol. The summed E-state index contributed by atoms with van der Waals surface area (Å²) in [6.45, 7) is 0.878. The van der Waals surface area contributed by atoms with Gasteiger partial charge in [0.1, 0.15) is 0 Å². The van der Waals surface area contributed by atoms with Gasteiger partial charge < -0.3 is 15.8 Å². The molecule has 3 N–H and O–H groups in total. The van der Waals surface area contributed by atoms with E-state index in [1.165, 1.54) is 7.11 Å². The number of methoxy groups -OCH3 is 1. The molecule has 0 radical (unpaired) electrons. The second-order valence-corrected chi connectivity index (χ2v) is 4.55. The zero-order valence-corrected chi connectivity index (χ0v) is 11.0. The molecule has 0 aliphatic rings. The van der Waals surface area contributed by atoms with Crippen molar-refractivity contribution in [2.45, 2.75) is 6.42 Å². The molecule has 0 aliphatic carbocycles. The Morgan fingerprint density at radius 1 is 1.53 bits per heavy atom. The topological polar surface area (TPSA) is 64.3 Å². The van der Waals surface area contributed by atoms with Crippen LogP contribution in [0, 0.1) is 0 Å². The number of carbonyl (C=O) groups excluding carboxylic acids is 1. The van der Waals surface area contributed by atoms with E-state index >= 15 is 0 Å². The van der Waals surface area contributed by atoms with Gasteiger partial charge in [-0.1, -0.05) is 0 Å². The van der Waals surface area contributed by atoms with Crippen LogP contribution >= 0.6 is 11.8 Å². The van der Waals surface area contributed by atoms with Crippen molar-refractivity contribution in [1.82, 2.24) is 0 Å². The number of hydrogen-bond donors (Lipinski definition) is 2. The first-order chi connectivity index (χ1) is 8.19. The highest BCUT2D eigenvalue weighted by Gasteiger charge is 2.07. The average molecular weight is 254 g/mol. The van der Waals surface area contributed by atoms with Crippen molar-refractivity contribution in [3.63, 3.8) is 0 Å². The summed E-state index contributed by atoms with van der Waals surface area (Å²) in [6, 6.07) is 5.14. The van der Waals surface area contributed by atoms with E-state index in [0.29, 0.717) is 11.3 Å². The van der Waals surface area contributed by atoms with Crippen molar-refractivity contribution >= 4 is 29.1 Å². The summed E-state index contributed by atoms with van der Waals surface area (Å²) in [5.41, 5.74) is 7.75. The molecule has 5 heteroatoms. The molecule has 0 heterocycles. The molecule has 0 amide bonds. The molecule has 0 bridgehead atoms. The summed E-state index contributed by atoms with van der Waals surface area (Å²) in [5.74, 6) is 0.748. The molecule has 1 rings (SSSR count). The standard InChI is InChI=1S/C12H18N2O2S/c1-16-12(15)9-4-5-11(10(13)8-9)14-6-3-7-17-2/h4-5,8,14H,3,6-7,13H2,1-2H3. The van der Waals surface area contributed by atoms with E-state index in [4.69, 9.17) is 5.73 Å². The van der Waals surface area contributed by atoms with Gasteiger partial charge in [0.05, 0.1) is 24.0 Å². The summed E-state index contributed by atoms with van der Waals surface area (Å²) in [4.78, 5) is 11.3. The number of anilines is 2. The second kappa shape index (κ2) is 7.06. The monoisotopic (exact) mass is 254 g/mol. The van der Waals surface area contributed by atoms with Crippen molar-refractivity contribution in [1.29, 1.82) is 0 Å². The lowest BCUT2D eigenvalue weighted by molar-refractivity contribution is 0.0601. The molecule has 0 saturated carbocycles. The Hall–Kier alpha value is -1.36. The minimum Gasteiger partial charge on any atom is -0.465 e. The van der Waals surface area contributed by atoms with Gasteiger partial charge in [-0.15, -0.1) is 0 Å². The van der Waals surface area contributed by atoms with Gasteiger partial charge in [-0.3, -0.25) is 0 Å². The largest absolute Gasteiger partial charge is 0.465 e. The summed E-state index contributed by atoms with van der Waals surface area (Å²) in [5, 5.41) is 3.24. The summed E-state index contributed by atoms with van der Waals surface area (Å²) in [6.07, 6.45) is 3.17. The predicted octanol–water partition coefficient (Wildman–Crippen LogP) is 2.22. The van der Waals surface area contributed by atoms with Crippen molar-refractivity contribution in [2.75, 3.05) is 36.7 Å². The van der Waals surface area contributed by atoms with Gasteiger partial charge in [-0.2, -0.15) is 11.8 Å². The number of thioether (sulfide) groups is 1. The van der Waals surface area contributed by atoms with Crippen molar-refractivity contribution in [2.24, 2.45) is 0 Å². The Morgan fingerprint density at radius 3 is 2.88 bits per heavy atom. The number of benzene rings is 1. The first kappa shape index (κ1) is 13.7. The van der Waals surface area contributed by atoms with Gasteiger partial charge in [0.25, 0.3) is 0 Å². The maximum Gasteiger partial charge on any atom is 0.337 e. The number of esters is 1. The van der Waals surface area contributed by atoms with E-state index in [-0.39, 0.29) is 5.97 Å². The SMILES string of the molecule is COC(=O)c1ccc(NCCCSC)c(N)c1. The highest BCUT2D eigenvalue weighted by molar-refractivity contribution is 7.98. The number of rotatable bonds is 6. The van der Waals surface area contributed by atoms with Gasteiger partial charge in [-0.05, 0) is 36.6 Å². The lowest BCUT2D eigenvalue weighted by atomic mass is 10.1. The number of carbonyl (C=O) groups is 1. The maximum atomic E-state index is 11.3. The third-order valence-electron chi connectivity index (χ3n) is 2.31. The van der Waals surface area contributed by atoms with Crippen LogP contribution in [0.4, 0.5) is 11.4 Å². The van der Waals surface area contributed by atoms with Crippen LogP contribution in [0.25, 0.3) is 0 Å². The summed E-state index contributed by atoms with van der Waals surface area (Å²) < 4.78 is 4.63. The Morgan fingerprint density at radius 2 is 2.29 bits per heavy atom. The summed E-state index contributed by atoms with van der Waals surface area (Å²) >= 11 is 1.82. The predicted molar refractivity (Wildman–Crippen MR) is 73.7 cm³/mol.